The third-order valence-electron chi connectivity index (χ3n) is 4.34. The van der Waals surface area contributed by atoms with Crippen LogP contribution in [0.2, 0.25) is 5.02 Å². The first-order chi connectivity index (χ1) is 15.4. The lowest BCUT2D eigenvalue weighted by Gasteiger charge is -2.21. The lowest BCUT2D eigenvalue weighted by molar-refractivity contribution is -0.123. The van der Waals surface area contributed by atoms with Gasteiger partial charge >= 0.3 is 0 Å². The molecule has 0 saturated carbocycles. The summed E-state index contributed by atoms with van der Waals surface area (Å²) < 4.78 is 15.9. The van der Waals surface area contributed by atoms with Gasteiger partial charge in [0.1, 0.15) is 5.25 Å². The highest BCUT2D eigenvalue weighted by Crippen LogP contribution is 2.37. The summed E-state index contributed by atoms with van der Waals surface area (Å²) in [7, 11) is 4.54. The summed E-state index contributed by atoms with van der Waals surface area (Å²) in [6.45, 7) is 0. The van der Waals surface area contributed by atoms with Gasteiger partial charge in [-0.2, -0.15) is 5.10 Å². The topological polar surface area (TPSA) is 111 Å². The van der Waals surface area contributed by atoms with E-state index in [1.807, 2.05) is 0 Å². The third kappa shape index (κ3) is 5.71. The summed E-state index contributed by atoms with van der Waals surface area (Å²) in [6.07, 6.45) is 1.48. The van der Waals surface area contributed by atoms with E-state index >= 15 is 0 Å². The number of hydrogen-bond donors (Lipinski definition) is 2. The van der Waals surface area contributed by atoms with Crippen LogP contribution in [-0.4, -0.2) is 49.8 Å². The van der Waals surface area contributed by atoms with Crippen molar-refractivity contribution < 1.29 is 23.8 Å². The SMILES string of the molecule is COc1cc(/C=N\N=C2\NC(=O)C[C@@H](C(=O)Nc3ccccc3Cl)S2)cc(OC)c1OC. The normalized spacial score (nSPS) is 17.2. The van der Waals surface area contributed by atoms with Gasteiger partial charge in [-0.15, -0.1) is 5.10 Å². The molecule has 1 saturated heterocycles. The van der Waals surface area contributed by atoms with Gasteiger partial charge in [-0.25, -0.2) is 0 Å². The summed E-state index contributed by atoms with van der Waals surface area (Å²) in [5.41, 5.74) is 1.12. The molecule has 0 radical (unpaired) electrons. The van der Waals surface area contributed by atoms with Crippen molar-refractivity contribution in [1.82, 2.24) is 5.32 Å². The van der Waals surface area contributed by atoms with Crippen molar-refractivity contribution in [2.75, 3.05) is 26.6 Å². The number of nitrogens with zero attached hydrogens (tertiary/aromatic N) is 2. The fourth-order valence-electron chi connectivity index (χ4n) is 2.84. The third-order valence-corrected chi connectivity index (χ3v) is 5.74. The van der Waals surface area contributed by atoms with E-state index in [0.29, 0.717) is 33.5 Å². The van der Waals surface area contributed by atoms with Crippen LogP contribution < -0.4 is 24.8 Å². The number of rotatable bonds is 7. The fraction of sp³-hybridized carbons (Fsp3) is 0.238. The van der Waals surface area contributed by atoms with E-state index in [9.17, 15) is 9.59 Å². The van der Waals surface area contributed by atoms with Crippen LogP contribution in [-0.2, 0) is 9.59 Å². The maximum Gasteiger partial charge on any atom is 0.238 e. The maximum absolute atomic E-state index is 12.6. The lowest BCUT2D eigenvalue weighted by Crippen LogP contribution is -2.41. The molecule has 32 heavy (non-hydrogen) atoms. The Balaban J connectivity index is 1.73. The quantitative estimate of drug-likeness (QED) is 0.468. The minimum atomic E-state index is -0.671. The Kier molecular flexibility index (Phi) is 7.96. The van der Waals surface area contributed by atoms with Gasteiger partial charge in [0.2, 0.25) is 17.6 Å². The summed E-state index contributed by atoms with van der Waals surface area (Å²) in [6, 6.07) is 10.3. The van der Waals surface area contributed by atoms with Crippen molar-refractivity contribution in [2.45, 2.75) is 11.7 Å². The van der Waals surface area contributed by atoms with Crippen molar-refractivity contribution in [1.29, 1.82) is 0 Å². The Morgan fingerprint density at radius 3 is 2.50 bits per heavy atom. The standard InChI is InChI=1S/C21H21ClN4O5S/c1-29-15-8-12(9-16(30-2)19(15)31-3)11-23-26-21-25-18(27)10-17(32-21)20(28)24-14-7-5-4-6-13(14)22/h4-9,11,17H,10H2,1-3H3,(H,24,28)(H,25,26,27)/b23-11-/t17-/m0/s1. The van der Waals surface area contributed by atoms with Crippen molar-refractivity contribution in [3.05, 3.63) is 47.0 Å². The summed E-state index contributed by atoms with van der Waals surface area (Å²) in [4.78, 5) is 24.7. The van der Waals surface area contributed by atoms with Gasteiger partial charge in [0.05, 0.1) is 38.3 Å². The number of nitrogens with one attached hydrogen (secondary N) is 2. The second-order valence-corrected chi connectivity index (χ2v) is 8.03. The van der Waals surface area contributed by atoms with Crippen LogP contribution in [0.15, 0.2) is 46.6 Å². The van der Waals surface area contributed by atoms with E-state index in [1.54, 1.807) is 36.4 Å². The maximum atomic E-state index is 12.6. The first-order valence-corrected chi connectivity index (χ1v) is 10.6. The molecule has 1 fully saturated rings. The number of methoxy groups -OCH3 is 3. The highest BCUT2D eigenvalue weighted by Gasteiger charge is 2.30. The number of carbonyl (C=O) groups is 2. The van der Waals surface area contributed by atoms with Crippen molar-refractivity contribution in [2.24, 2.45) is 10.2 Å². The largest absolute Gasteiger partial charge is 0.493 e. The van der Waals surface area contributed by atoms with E-state index in [-0.39, 0.29) is 23.4 Å². The van der Waals surface area contributed by atoms with Gasteiger partial charge < -0.3 is 24.8 Å². The Labute approximate surface area is 194 Å². The molecule has 0 aliphatic carbocycles. The number of amides is 2. The molecule has 11 heteroatoms. The number of anilines is 1. The van der Waals surface area contributed by atoms with Gasteiger partial charge in [0.25, 0.3) is 0 Å². The second kappa shape index (κ2) is 10.9. The van der Waals surface area contributed by atoms with E-state index in [1.165, 1.54) is 27.5 Å². The summed E-state index contributed by atoms with van der Waals surface area (Å²) in [5, 5.41) is 13.4. The van der Waals surface area contributed by atoms with Crippen LogP contribution in [0.1, 0.15) is 12.0 Å². The molecule has 2 amide bonds. The van der Waals surface area contributed by atoms with E-state index in [4.69, 9.17) is 25.8 Å². The number of benzene rings is 2. The van der Waals surface area contributed by atoms with Gasteiger partial charge in [0, 0.05) is 12.0 Å². The Bertz CT molecular complexity index is 1050. The minimum Gasteiger partial charge on any atom is -0.493 e. The zero-order valence-corrected chi connectivity index (χ0v) is 19.1. The number of carbonyl (C=O) groups excluding carboxylic acids is 2. The first-order valence-electron chi connectivity index (χ1n) is 9.38. The fourth-order valence-corrected chi connectivity index (χ4v) is 3.96. The number of halogens is 1. The smallest absolute Gasteiger partial charge is 0.238 e. The molecule has 0 unspecified atom stereocenters. The van der Waals surface area contributed by atoms with Crippen molar-refractivity contribution in [3.63, 3.8) is 0 Å². The Morgan fingerprint density at radius 2 is 1.88 bits per heavy atom. The average molecular weight is 477 g/mol. The molecule has 1 atom stereocenters. The molecular weight excluding hydrogens is 456 g/mol. The highest BCUT2D eigenvalue weighted by molar-refractivity contribution is 8.15. The molecule has 3 rings (SSSR count). The molecule has 168 valence electrons. The van der Waals surface area contributed by atoms with Crippen LogP contribution in [0.5, 0.6) is 17.2 Å². The molecule has 0 bridgehead atoms. The van der Waals surface area contributed by atoms with Gasteiger partial charge in [0.15, 0.2) is 16.7 Å². The molecule has 2 aromatic carbocycles. The van der Waals surface area contributed by atoms with Gasteiger partial charge in [-0.1, -0.05) is 35.5 Å². The molecule has 2 N–H and O–H groups in total. The number of amidine groups is 1. The van der Waals surface area contributed by atoms with Crippen LogP contribution in [0, 0.1) is 0 Å². The average Bonchev–Trinajstić information content (AvgIpc) is 2.79. The Hall–Kier alpha value is -3.24. The lowest BCUT2D eigenvalue weighted by atomic mass is 10.2. The molecule has 1 aliphatic rings. The summed E-state index contributed by atoms with van der Waals surface area (Å²) in [5.74, 6) is 0.722. The van der Waals surface area contributed by atoms with E-state index in [2.05, 4.69) is 20.8 Å². The zero-order valence-electron chi connectivity index (χ0n) is 17.5. The van der Waals surface area contributed by atoms with Crippen LogP contribution in [0.4, 0.5) is 5.69 Å². The molecule has 1 heterocycles. The van der Waals surface area contributed by atoms with Crippen molar-refractivity contribution >= 4 is 52.2 Å². The minimum absolute atomic E-state index is 0.0105. The number of thioether (sulfide) groups is 1. The molecule has 1 aliphatic heterocycles. The molecule has 0 spiro atoms. The predicted octanol–water partition coefficient (Wildman–Crippen LogP) is 3.32. The first kappa shape index (κ1) is 23.4. The van der Waals surface area contributed by atoms with Crippen LogP contribution >= 0.6 is 23.4 Å². The highest BCUT2D eigenvalue weighted by atomic mass is 35.5. The van der Waals surface area contributed by atoms with Gasteiger partial charge in [-0.05, 0) is 24.3 Å². The van der Waals surface area contributed by atoms with Crippen LogP contribution in [0.3, 0.4) is 0 Å². The van der Waals surface area contributed by atoms with Crippen LogP contribution in [0.25, 0.3) is 0 Å². The van der Waals surface area contributed by atoms with E-state index < -0.39 is 5.25 Å². The Morgan fingerprint density at radius 1 is 1.19 bits per heavy atom. The number of ether oxygens (including phenoxy) is 3. The molecule has 9 nitrogen and oxygen atoms in total. The predicted molar refractivity (Wildman–Crippen MR) is 125 cm³/mol. The van der Waals surface area contributed by atoms with Crippen molar-refractivity contribution in [3.8, 4) is 17.2 Å². The number of para-hydroxylation sites is 1. The summed E-state index contributed by atoms with van der Waals surface area (Å²) >= 11 is 7.19. The monoisotopic (exact) mass is 476 g/mol. The van der Waals surface area contributed by atoms with Gasteiger partial charge in [-0.3, -0.25) is 9.59 Å². The molecule has 2 aromatic rings. The zero-order chi connectivity index (χ0) is 23.1. The molecular formula is C21H21ClN4O5S. The van der Waals surface area contributed by atoms with E-state index in [0.717, 1.165) is 11.8 Å². The second-order valence-electron chi connectivity index (χ2n) is 6.44. The number of hydrogen-bond acceptors (Lipinski definition) is 8. The molecule has 0 aromatic heterocycles.